The van der Waals surface area contributed by atoms with Crippen LogP contribution in [0, 0.1) is 12.8 Å². The number of benzene rings is 2. The first-order valence-electron chi connectivity index (χ1n) is 12.0. The number of rotatable bonds is 5. The number of fused-ring (bicyclic) bond motifs is 1. The summed E-state index contributed by atoms with van der Waals surface area (Å²) in [4.78, 5) is 22.1. The molecule has 3 aromatic heterocycles. The normalized spacial score (nSPS) is 16.7. The molecular formula is C29H26N6O. The first-order valence-corrected chi connectivity index (χ1v) is 12.0. The van der Waals surface area contributed by atoms with E-state index in [0.29, 0.717) is 11.5 Å². The van der Waals surface area contributed by atoms with E-state index < -0.39 is 0 Å². The van der Waals surface area contributed by atoms with Gasteiger partial charge in [-0.05, 0) is 65.6 Å². The molecule has 0 radical (unpaired) electrons. The highest BCUT2D eigenvalue weighted by Crippen LogP contribution is 2.48. The summed E-state index contributed by atoms with van der Waals surface area (Å²) in [6.45, 7) is 2.08. The van der Waals surface area contributed by atoms with Crippen LogP contribution in [0.4, 0.5) is 11.5 Å². The van der Waals surface area contributed by atoms with Crippen molar-refractivity contribution in [3.8, 4) is 22.4 Å². The average molecular weight is 475 g/mol. The van der Waals surface area contributed by atoms with Crippen LogP contribution in [0.5, 0.6) is 0 Å². The van der Waals surface area contributed by atoms with Crippen LogP contribution in [0.2, 0.25) is 0 Å². The van der Waals surface area contributed by atoms with Crippen molar-refractivity contribution in [1.29, 1.82) is 0 Å². The van der Waals surface area contributed by atoms with Crippen LogP contribution in [0.1, 0.15) is 23.5 Å². The molecule has 36 heavy (non-hydrogen) atoms. The van der Waals surface area contributed by atoms with Crippen molar-refractivity contribution in [3.63, 3.8) is 0 Å². The van der Waals surface area contributed by atoms with Crippen molar-refractivity contribution >= 4 is 28.2 Å². The van der Waals surface area contributed by atoms with Gasteiger partial charge in [0.15, 0.2) is 0 Å². The van der Waals surface area contributed by atoms with Crippen molar-refractivity contribution < 1.29 is 4.79 Å². The number of nitrogen functional groups attached to an aromatic ring is 1. The molecule has 1 aliphatic carbocycles. The molecule has 0 spiro atoms. The van der Waals surface area contributed by atoms with Crippen molar-refractivity contribution in [1.82, 2.24) is 19.7 Å². The third-order valence-electron chi connectivity index (χ3n) is 6.90. The molecule has 3 heterocycles. The SMILES string of the molecule is Cc1ccnc(-c2ccccc2)c1-c1cc(N)c2cnc(NC(=O)C3CC3c3cnn(C)c3)cc2c1. The molecule has 178 valence electrons. The van der Waals surface area contributed by atoms with Gasteiger partial charge in [0.2, 0.25) is 5.91 Å². The van der Waals surface area contributed by atoms with Gasteiger partial charge in [0.05, 0.1) is 11.9 Å². The number of carbonyl (C=O) groups excluding carboxylic acids is 1. The van der Waals surface area contributed by atoms with Crippen molar-refractivity contribution in [2.24, 2.45) is 13.0 Å². The Bertz CT molecular complexity index is 1610. The molecule has 6 rings (SSSR count). The second-order valence-electron chi connectivity index (χ2n) is 9.46. The number of nitrogens with one attached hydrogen (secondary N) is 1. The van der Waals surface area contributed by atoms with Gasteiger partial charge in [0.25, 0.3) is 0 Å². The minimum absolute atomic E-state index is 0.0192. The fourth-order valence-electron chi connectivity index (χ4n) is 4.94. The lowest BCUT2D eigenvalue weighted by molar-refractivity contribution is -0.117. The van der Waals surface area contributed by atoms with Crippen LogP contribution in [0.25, 0.3) is 33.2 Å². The van der Waals surface area contributed by atoms with Gasteiger partial charge in [-0.15, -0.1) is 0 Å². The zero-order valence-electron chi connectivity index (χ0n) is 20.1. The fourth-order valence-corrected chi connectivity index (χ4v) is 4.94. The van der Waals surface area contributed by atoms with E-state index in [2.05, 4.69) is 40.5 Å². The Kier molecular flexibility index (Phi) is 5.25. The fraction of sp³-hybridized carbons (Fsp3) is 0.172. The summed E-state index contributed by atoms with van der Waals surface area (Å²) in [5, 5.41) is 8.98. The lowest BCUT2D eigenvalue weighted by Crippen LogP contribution is -2.15. The third kappa shape index (κ3) is 3.98. The zero-order valence-corrected chi connectivity index (χ0v) is 20.1. The van der Waals surface area contributed by atoms with Gasteiger partial charge >= 0.3 is 0 Å². The standard InChI is InChI=1S/C29H26N6O/c1-17-8-9-31-28(18-6-4-3-5-7-18)27(17)20-10-19-12-26(32-15-24(19)25(30)11-20)34-29(36)23-13-22(23)21-14-33-35(2)16-21/h3-12,14-16,22-23H,13,30H2,1-2H3,(H,32,34,36). The van der Waals surface area contributed by atoms with E-state index in [4.69, 9.17) is 10.7 Å². The molecule has 1 fully saturated rings. The molecule has 0 saturated heterocycles. The van der Waals surface area contributed by atoms with Gasteiger partial charge < -0.3 is 11.1 Å². The summed E-state index contributed by atoms with van der Waals surface area (Å²) in [6, 6.07) is 18.1. The van der Waals surface area contributed by atoms with Crippen molar-refractivity contribution in [2.75, 3.05) is 11.1 Å². The molecule has 0 aliphatic heterocycles. The summed E-state index contributed by atoms with van der Waals surface area (Å²) < 4.78 is 1.77. The Morgan fingerprint density at radius 2 is 1.89 bits per heavy atom. The number of nitrogens with zero attached hydrogens (tertiary/aromatic N) is 4. The number of carbonyl (C=O) groups is 1. The Morgan fingerprint density at radius 3 is 2.67 bits per heavy atom. The van der Waals surface area contributed by atoms with Crippen molar-refractivity contribution in [3.05, 3.63) is 90.5 Å². The first-order chi connectivity index (χ1) is 17.5. The van der Waals surface area contributed by atoms with E-state index in [9.17, 15) is 4.79 Å². The number of hydrogen-bond acceptors (Lipinski definition) is 5. The smallest absolute Gasteiger partial charge is 0.229 e. The minimum Gasteiger partial charge on any atom is -0.398 e. The minimum atomic E-state index is -0.0606. The van der Waals surface area contributed by atoms with Crippen LogP contribution in [0.3, 0.4) is 0 Å². The van der Waals surface area contributed by atoms with E-state index in [-0.39, 0.29) is 17.7 Å². The molecule has 1 aliphatic rings. The monoisotopic (exact) mass is 474 g/mol. The van der Waals surface area contributed by atoms with Gasteiger partial charge in [-0.2, -0.15) is 5.10 Å². The van der Waals surface area contributed by atoms with Crippen LogP contribution >= 0.6 is 0 Å². The van der Waals surface area contributed by atoms with Crippen LogP contribution in [-0.4, -0.2) is 25.7 Å². The quantitative estimate of drug-likeness (QED) is 0.336. The van der Waals surface area contributed by atoms with Crippen LogP contribution < -0.4 is 11.1 Å². The summed E-state index contributed by atoms with van der Waals surface area (Å²) in [5.74, 6) is 0.655. The maximum atomic E-state index is 12.9. The number of anilines is 2. The van der Waals surface area contributed by atoms with Crippen LogP contribution in [0.15, 0.2) is 79.4 Å². The third-order valence-corrected chi connectivity index (χ3v) is 6.90. The number of hydrogen-bond donors (Lipinski definition) is 2. The first kappa shape index (κ1) is 22.0. The van der Waals surface area contributed by atoms with E-state index in [0.717, 1.165) is 50.7 Å². The molecule has 0 bridgehead atoms. The maximum Gasteiger partial charge on any atom is 0.229 e. The molecule has 5 aromatic rings. The Morgan fingerprint density at radius 1 is 1.06 bits per heavy atom. The molecule has 1 saturated carbocycles. The molecule has 2 aromatic carbocycles. The van der Waals surface area contributed by atoms with Gasteiger partial charge in [0.1, 0.15) is 5.82 Å². The average Bonchev–Trinajstić information content (AvgIpc) is 3.57. The molecule has 7 heteroatoms. The van der Waals surface area contributed by atoms with Gasteiger partial charge in [0, 0.05) is 53.8 Å². The number of amides is 1. The van der Waals surface area contributed by atoms with Crippen LogP contribution in [-0.2, 0) is 11.8 Å². The Balaban J connectivity index is 1.33. The largest absolute Gasteiger partial charge is 0.398 e. The lowest BCUT2D eigenvalue weighted by Gasteiger charge is -2.15. The summed E-state index contributed by atoms with van der Waals surface area (Å²) in [5.41, 5.74) is 13.3. The second-order valence-corrected chi connectivity index (χ2v) is 9.46. The van der Waals surface area contributed by atoms with E-state index in [1.807, 2.05) is 62.0 Å². The van der Waals surface area contributed by atoms with Gasteiger partial charge in [-0.25, -0.2) is 4.98 Å². The molecule has 3 N–H and O–H groups in total. The molecule has 7 nitrogen and oxygen atoms in total. The number of aryl methyl sites for hydroxylation is 2. The summed E-state index contributed by atoms with van der Waals surface area (Å²) >= 11 is 0. The molecule has 1 amide bonds. The van der Waals surface area contributed by atoms with Gasteiger partial charge in [-0.1, -0.05) is 30.3 Å². The predicted molar refractivity (Wildman–Crippen MR) is 142 cm³/mol. The lowest BCUT2D eigenvalue weighted by atomic mass is 9.93. The summed E-state index contributed by atoms with van der Waals surface area (Å²) in [6.07, 6.45) is 8.19. The second kappa shape index (κ2) is 8.61. The maximum absolute atomic E-state index is 12.9. The van der Waals surface area contributed by atoms with E-state index in [1.165, 1.54) is 0 Å². The predicted octanol–water partition coefficient (Wildman–Crippen LogP) is 5.33. The number of pyridine rings is 2. The highest BCUT2D eigenvalue weighted by Gasteiger charge is 2.44. The highest BCUT2D eigenvalue weighted by atomic mass is 16.2. The molecular weight excluding hydrogens is 448 g/mol. The highest BCUT2D eigenvalue weighted by molar-refractivity contribution is 6.01. The molecule has 2 unspecified atom stereocenters. The van der Waals surface area contributed by atoms with E-state index in [1.54, 1.807) is 10.9 Å². The number of nitrogens with two attached hydrogens (primary N) is 1. The summed E-state index contributed by atoms with van der Waals surface area (Å²) in [7, 11) is 1.88. The van der Waals surface area contributed by atoms with Gasteiger partial charge in [-0.3, -0.25) is 14.5 Å². The Labute approximate surface area is 209 Å². The number of aromatic nitrogens is 4. The van der Waals surface area contributed by atoms with E-state index >= 15 is 0 Å². The van der Waals surface area contributed by atoms with Crippen molar-refractivity contribution in [2.45, 2.75) is 19.3 Å². The Hall–Kier alpha value is -4.52. The zero-order chi connectivity index (χ0) is 24.8. The topological polar surface area (TPSA) is 98.7 Å². The molecule has 2 atom stereocenters.